The number of carbonyl (C=O) groups excluding carboxylic acids is 1. The lowest BCUT2D eigenvalue weighted by Gasteiger charge is -2.11. The largest absolute Gasteiger partial charge is 0.490 e. The van der Waals surface area contributed by atoms with Gasteiger partial charge in [-0.15, -0.1) is 0 Å². The molecule has 0 fully saturated rings. The molecule has 3 rings (SSSR count). The number of hydrogen-bond acceptors (Lipinski definition) is 5. The predicted octanol–water partition coefficient (Wildman–Crippen LogP) is 5.25. The third kappa shape index (κ3) is 4.91. The number of unbranched alkanes of at least 4 members (excludes halogenated alkanes) is 2. The average Bonchev–Trinajstić information content (AvgIpc) is 3.10. The highest BCUT2D eigenvalue weighted by atomic mass is 35.5. The van der Waals surface area contributed by atoms with Crippen molar-refractivity contribution in [2.45, 2.75) is 25.7 Å². The lowest BCUT2D eigenvalue weighted by molar-refractivity contribution is -0.129. The van der Waals surface area contributed by atoms with Crippen molar-refractivity contribution in [3.63, 3.8) is 0 Å². The van der Waals surface area contributed by atoms with Gasteiger partial charge < -0.3 is 9.15 Å². The van der Waals surface area contributed by atoms with Gasteiger partial charge in [0, 0.05) is 12.0 Å². The van der Waals surface area contributed by atoms with E-state index in [1.54, 1.807) is 17.6 Å². The van der Waals surface area contributed by atoms with E-state index < -0.39 is 5.91 Å². The highest BCUT2D eigenvalue weighted by molar-refractivity contribution is 6.37. The first-order valence-electron chi connectivity index (χ1n) is 8.49. The van der Waals surface area contributed by atoms with E-state index in [9.17, 15) is 4.79 Å². The monoisotopic (exact) mass is 408 g/mol. The Morgan fingerprint density at radius 2 is 1.89 bits per heavy atom. The van der Waals surface area contributed by atoms with E-state index in [1.807, 2.05) is 24.3 Å². The first-order valence-corrected chi connectivity index (χ1v) is 9.25. The fourth-order valence-corrected chi connectivity index (χ4v) is 3.21. The Kier molecular flexibility index (Phi) is 6.55. The summed E-state index contributed by atoms with van der Waals surface area (Å²) in [4.78, 5) is 15.4. The molecule has 2 N–H and O–H groups in total. The summed E-state index contributed by atoms with van der Waals surface area (Å²) in [5.74, 6) is 0.455. The topological polar surface area (TPSA) is 84.6 Å². The summed E-state index contributed by atoms with van der Waals surface area (Å²) in [6, 6.07) is 10.9. The van der Waals surface area contributed by atoms with Gasteiger partial charge in [-0.25, -0.2) is 10.5 Å². The van der Waals surface area contributed by atoms with Gasteiger partial charge in [0.05, 0.1) is 16.7 Å². The number of carbonyl (C=O) groups is 1. The number of hydroxylamine groups is 1. The van der Waals surface area contributed by atoms with Crippen molar-refractivity contribution in [1.82, 2.24) is 10.5 Å². The number of rotatable bonds is 8. The minimum absolute atomic E-state index is 0.275. The van der Waals surface area contributed by atoms with Gasteiger partial charge in [-0.2, -0.15) is 0 Å². The van der Waals surface area contributed by atoms with E-state index in [0.717, 1.165) is 18.4 Å². The van der Waals surface area contributed by atoms with Gasteiger partial charge in [0.1, 0.15) is 5.52 Å². The molecule has 0 aliphatic rings. The second-order valence-electron chi connectivity index (χ2n) is 5.95. The molecule has 0 saturated heterocycles. The second-order valence-corrected chi connectivity index (χ2v) is 6.76. The third-order valence-corrected chi connectivity index (χ3v) is 4.52. The van der Waals surface area contributed by atoms with Crippen LogP contribution >= 0.6 is 23.2 Å². The van der Waals surface area contributed by atoms with Crippen LogP contribution in [0.15, 0.2) is 40.8 Å². The van der Waals surface area contributed by atoms with Gasteiger partial charge in [-0.3, -0.25) is 10.0 Å². The zero-order valence-corrected chi connectivity index (χ0v) is 15.9. The van der Waals surface area contributed by atoms with Gasteiger partial charge in [0.25, 0.3) is 0 Å². The normalized spacial score (nSPS) is 10.9. The molecule has 0 aliphatic carbocycles. The van der Waals surface area contributed by atoms with Crippen LogP contribution in [0.4, 0.5) is 0 Å². The van der Waals surface area contributed by atoms with Gasteiger partial charge in [-0.1, -0.05) is 35.3 Å². The van der Waals surface area contributed by atoms with Crippen LogP contribution in [0, 0.1) is 0 Å². The molecule has 0 atom stereocenters. The summed E-state index contributed by atoms with van der Waals surface area (Å²) in [7, 11) is 0. The number of fused-ring (bicyclic) bond motifs is 1. The molecule has 2 aromatic carbocycles. The van der Waals surface area contributed by atoms with Crippen molar-refractivity contribution in [3.8, 4) is 17.2 Å². The van der Waals surface area contributed by atoms with Gasteiger partial charge in [0.2, 0.25) is 11.8 Å². The number of hydrogen-bond donors (Lipinski definition) is 2. The van der Waals surface area contributed by atoms with Crippen LogP contribution in [0.2, 0.25) is 10.0 Å². The Hall–Kier alpha value is -2.28. The summed E-state index contributed by atoms with van der Waals surface area (Å²) >= 11 is 12.6. The average molecular weight is 409 g/mol. The van der Waals surface area contributed by atoms with E-state index >= 15 is 0 Å². The van der Waals surface area contributed by atoms with Crippen LogP contribution in [-0.4, -0.2) is 22.7 Å². The zero-order chi connectivity index (χ0) is 19.2. The van der Waals surface area contributed by atoms with Crippen molar-refractivity contribution >= 4 is 40.2 Å². The van der Waals surface area contributed by atoms with Crippen LogP contribution in [0.3, 0.4) is 0 Å². The number of aromatic nitrogens is 1. The molecule has 3 aromatic rings. The first-order chi connectivity index (χ1) is 13.1. The number of nitrogens with zero attached hydrogens (tertiary/aromatic N) is 1. The molecule has 27 heavy (non-hydrogen) atoms. The van der Waals surface area contributed by atoms with E-state index in [1.165, 1.54) is 0 Å². The molecule has 0 aliphatic heterocycles. The molecule has 0 spiro atoms. The predicted molar refractivity (Wildman–Crippen MR) is 103 cm³/mol. The maximum Gasteiger partial charge on any atom is 0.243 e. The summed E-state index contributed by atoms with van der Waals surface area (Å²) in [6.07, 6.45) is 2.45. The van der Waals surface area contributed by atoms with Crippen molar-refractivity contribution in [2.24, 2.45) is 0 Å². The maximum absolute atomic E-state index is 10.9. The molecule has 0 bridgehead atoms. The molecule has 1 heterocycles. The van der Waals surface area contributed by atoms with E-state index in [-0.39, 0.29) is 6.42 Å². The summed E-state index contributed by atoms with van der Waals surface area (Å²) < 4.78 is 11.4. The fraction of sp³-hybridized carbons (Fsp3) is 0.263. The lowest BCUT2D eigenvalue weighted by Crippen LogP contribution is -2.17. The number of ether oxygens (including phenoxy) is 1. The highest BCUT2D eigenvalue weighted by Gasteiger charge is 2.14. The molecule has 0 radical (unpaired) electrons. The number of amides is 1. The van der Waals surface area contributed by atoms with Crippen molar-refractivity contribution in [2.75, 3.05) is 6.61 Å². The van der Waals surface area contributed by atoms with Crippen LogP contribution in [-0.2, 0) is 4.79 Å². The summed E-state index contributed by atoms with van der Waals surface area (Å²) in [5, 5.41) is 9.18. The van der Waals surface area contributed by atoms with Crippen molar-refractivity contribution in [1.29, 1.82) is 0 Å². The standard InChI is InChI=1S/C19H18Cl2N2O4/c20-13-10-12(19-22-15-6-3-4-7-16(15)27-19)11-14(21)18(13)26-9-5-1-2-8-17(24)23-25/h3-4,6-7,10-11,25H,1-2,5,8-9H2,(H,23,24). The fourth-order valence-electron chi connectivity index (χ4n) is 2.61. The van der Waals surface area contributed by atoms with Gasteiger partial charge in [0.15, 0.2) is 11.3 Å². The molecular formula is C19H18Cl2N2O4. The molecule has 1 aromatic heterocycles. The quantitative estimate of drug-likeness (QED) is 0.302. The number of benzene rings is 2. The van der Waals surface area contributed by atoms with Crippen molar-refractivity contribution in [3.05, 3.63) is 46.4 Å². The minimum atomic E-state index is -0.392. The van der Waals surface area contributed by atoms with Crippen molar-refractivity contribution < 1.29 is 19.2 Å². The molecular weight excluding hydrogens is 391 g/mol. The Balaban J connectivity index is 1.62. The molecule has 142 valence electrons. The third-order valence-electron chi connectivity index (χ3n) is 3.96. The van der Waals surface area contributed by atoms with Gasteiger partial charge >= 0.3 is 0 Å². The number of nitrogens with one attached hydrogen (secondary N) is 1. The molecule has 1 amide bonds. The molecule has 6 nitrogen and oxygen atoms in total. The Morgan fingerprint density at radius 1 is 1.15 bits per heavy atom. The SMILES string of the molecule is O=C(CCCCCOc1c(Cl)cc(-c2nc3ccccc3o2)cc1Cl)NO. The Bertz CT molecular complexity index is 886. The number of para-hydroxylation sites is 2. The zero-order valence-electron chi connectivity index (χ0n) is 14.4. The van der Waals surface area contributed by atoms with E-state index in [4.69, 9.17) is 37.6 Å². The highest BCUT2D eigenvalue weighted by Crippen LogP contribution is 2.38. The first kappa shape index (κ1) is 19.5. The van der Waals surface area contributed by atoms with Crippen LogP contribution in [0.5, 0.6) is 5.75 Å². The smallest absolute Gasteiger partial charge is 0.243 e. The molecule has 0 saturated carbocycles. The molecule has 8 heteroatoms. The van der Waals surface area contributed by atoms with Crippen LogP contribution < -0.4 is 10.2 Å². The Labute approximate surface area is 166 Å². The molecule has 0 unspecified atom stereocenters. The summed E-state index contributed by atoms with van der Waals surface area (Å²) in [5.41, 5.74) is 3.72. The minimum Gasteiger partial charge on any atom is -0.490 e. The lowest BCUT2D eigenvalue weighted by atomic mass is 10.2. The van der Waals surface area contributed by atoms with E-state index in [2.05, 4.69) is 4.98 Å². The van der Waals surface area contributed by atoms with E-state index in [0.29, 0.717) is 45.9 Å². The number of oxazole rings is 1. The second kappa shape index (κ2) is 9.08. The van der Waals surface area contributed by atoms with Crippen LogP contribution in [0.1, 0.15) is 25.7 Å². The number of halogens is 2. The van der Waals surface area contributed by atoms with Gasteiger partial charge in [-0.05, 0) is 43.5 Å². The summed E-state index contributed by atoms with van der Waals surface area (Å²) in [6.45, 7) is 0.419. The Morgan fingerprint density at radius 3 is 2.59 bits per heavy atom. The van der Waals surface area contributed by atoms with Crippen LogP contribution in [0.25, 0.3) is 22.6 Å². The maximum atomic E-state index is 10.9.